The van der Waals surface area contributed by atoms with Gasteiger partial charge < -0.3 is 4.90 Å². The van der Waals surface area contributed by atoms with Crippen molar-refractivity contribution in [1.29, 1.82) is 0 Å². The van der Waals surface area contributed by atoms with E-state index in [-0.39, 0.29) is 0 Å². The highest BCUT2D eigenvalue weighted by Crippen LogP contribution is 2.12. The molecule has 34 heavy (non-hydrogen) atoms. The van der Waals surface area contributed by atoms with Gasteiger partial charge in [0.1, 0.15) is 0 Å². The lowest BCUT2D eigenvalue weighted by Gasteiger charge is -2.23. The molecule has 0 aliphatic rings. The minimum Gasteiger partial charge on any atom is -0.320 e. The standard InChI is InChI=1S/C27H27N3O4/c1-20-6-5-7-22(18-20)16-17-30(27(33)28-26(32)24-8-3-2-4-9-24)19-23-12-10-21(11-13-23)14-15-25(31)29-34/h2-15,18,34H,16-17,19H2,1H3,(H,29,31)(H,28,32,33)/b15-14+. The van der Waals surface area contributed by atoms with Crippen LogP contribution in [0.25, 0.3) is 6.08 Å². The second-order valence-electron chi connectivity index (χ2n) is 7.84. The molecule has 0 aromatic heterocycles. The summed E-state index contributed by atoms with van der Waals surface area (Å²) >= 11 is 0. The number of aryl methyl sites for hydroxylation is 1. The number of nitrogens with zero attached hydrogens (tertiary/aromatic N) is 1. The number of hydroxylamine groups is 1. The van der Waals surface area contributed by atoms with Gasteiger partial charge in [-0.05, 0) is 48.2 Å². The summed E-state index contributed by atoms with van der Waals surface area (Å²) in [5.74, 6) is -1.07. The average molecular weight is 458 g/mol. The van der Waals surface area contributed by atoms with E-state index in [1.807, 2.05) is 55.5 Å². The number of nitrogens with one attached hydrogen (secondary N) is 2. The Morgan fingerprint density at radius 1 is 0.912 bits per heavy atom. The molecular formula is C27H27N3O4. The van der Waals surface area contributed by atoms with Gasteiger partial charge in [0.05, 0.1) is 0 Å². The number of urea groups is 1. The Bertz CT molecular complexity index is 1160. The van der Waals surface area contributed by atoms with Crippen molar-refractivity contribution in [3.05, 3.63) is 113 Å². The number of carbonyl (C=O) groups is 3. The first-order valence-corrected chi connectivity index (χ1v) is 10.9. The molecule has 4 amide bonds. The van der Waals surface area contributed by atoms with Crippen molar-refractivity contribution < 1.29 is 19.6 Å². The van der Waals surface area contributed by atoms with Crippen molar-refractivity contribution in [3.63, 3.8) is 0 Å². The third kappa shape index (κ3) is 7.43. The smallest absolute Gasteiger partial charge is 0.320 e. The Labute approximate surface area is 198 Å². The zero-order chi connectivity index (χ0) is 24.3. The van der Waals surface area contributed by atoms with Gasteiger partial charge in [-0.15, -0.1) is 0 Å². The van der Waals surface area contributed by atoms with E-state index in [2.05, 4.69) is 11.4 Å². The van der Waals surface area contributed by atoms with Crippen molar-refractivity contribution >= 4 is 23.9 Å². The van der Waals surface area contributed by atoms with E-state index in [1.54, 1.807) is 35.2 Å². The molecule has 3 rings (SSSR count). The molecule has 7 heteroatoms. The van der Waals surface area contributed by atoms with Gasteiger partial charge in [-0.3, -0.25) is 20.1 Å². The summed E-state index contributed by atoms with van der Waals surface area (Å²) in [5, 5.41) is 11.1. The fraction of sp³-hybridized carbons (Fsp3) is 0.148. The lowest BCUT2D eigenvalue weighted by Crippen LogP contribution is -2.43. The monoisotopic (exact) mass is 457 g/mol. The summed E-state index contributed by atoms with van der Waals surface area (Å²) in [6, 6.07) is 23.6. The Morgan fingerprint density at radius 2 is 1.65 bits per heavy atom. The van der Waals surface area contributed by atoms with Gasteiger partial charge in [-0.2, -0.15) is 0 Å². The average Bonchev–Trinajstić information content (AvgIpc) is 2.86. The zero-order valence-electron chi connectivity index (χ0n) is 18.9. The number of rotatable bonds is 8. The van der Waals surface area contributed by atoms with Crippen LogP contribution in [0.1, 0.15) is 32.6 Å². The summed E-state index contributed by atoms with van der Waals surface area (Å²) in [6.45, 7) is 2.75. The largest absolute Gasteiger partial charge is 0.324 e. The topological polar surface area (TPSA) is 98.7 Å². The lowest BCUT2D eigenvalue weighted by atomic mass is 10.1. The second kappa shape index (κ2) is 12.1. The van der Waals surface area contributed by atoms with Crippen LogP contribution in [0, 0.1) is 6.92 Å². The summed E-state index contributed by atoms with van der Waals surface area (Å²) in [7, 11) is 0. The highest BCUT2D eigenvalue weighted by molar-refractivity contribution is 6.04. The lowest BCUT2D eigenvalue weighted by molar-refractivity contribution is -0.124. The number of benzene rings is 3. The highest BCUT2D eigenvalue weighted by Gasteiger charge is 2.18. The van der Waals surface area contributed by atoms with E-state index in [0.29, 0.717) is 25.1 Å². The van der Waals surface area contributed by atoms with Crippen LogP contribution in [-0.2, 0) is 17.8 Å². The molecule has 0 bridgehead atoms. The quantitative estimate of drug-likeness (QED) is 0.269. The molecule has 0 aliphatic carbocycles. The Balaban J connectivity index is 1.72. The van der Waals surface area contributed by atoms with Crippen molar-refractivity contribution in [3.8, 4) is 0 Å². The molecule has 0 saturated carbocycles. The predicted octanol–water partition coefficient (Wildman–Crippen LogP) is 4.11. The van der Waals surface area contributed by atoms with Crippen LogP contribution in [0.3, 0.4) is 0 Å². The minimum atomic E-state index is -0.619. The normalized spacial score (nSPS) is 10.6. The fourth-order valence-electron chi connectivity index (χ4n) is 3.39. The number of carbonyl (C=O) groups excluding carboxylic acids is 3. The molecule has 3 aromatic rings. The molecule has 0 aliphatic heterocycles. The molecule has 0 atom stereocenters. The molecule has 0 spiro atoms. The van der Waals surface area contributed by atoms with Gasteiger partial charge >= 0.3 is 6.03 Å². The zero-order valence-corrected chi connectivity index (χ0v) is 18.9. The third-order valence-electron chi connectivity index (χ3n) is 5.19. The molecule has 7 nitrogen and oxygen atoms in total. The highest BCUT2D eigenvalue weighted by atomic mass is 16.5. The van der Waals surface area contributed by atoms with E-state index >= 15 is 0 Å². The van der Waals surface area contributed by atoms with Gasteiger partial charge in [-0.25, -0.2) is 10.3 Å². The van der Waals surface area contributed by atoms with Crippen LogP contribution in [0.4, 0.5) is 4.79 Å². The summed E-state index contributed by atoms with van der Waals surface area (Å²) in [5.41, 5.74) is 5.84. The molecule has 0 heterocycles. The first kappa shape index (κ1) is 24.4. The van der Waals surface area contributed by atoms with Gasteiger partial charge in [0, 0.05) is 24.7 Å². The predicted molar refractivity (Wildman–Crippen MR) is 130 cm³/mol. The van der Waals surface area contributed by atoms with Crippen LogP contribution in [0.5, 0.6) is 0 Å². The van der Waals surface area contributed by atoms with Gasteiger partial charge in [0.15, 0.2) is 0 Å². The Morgan fingerprint density at radius 3 is 2.32 bits per heavy atom. The Hall–Kier alpha value is -4.23. The van der Waals surface area contributed by atoms with E-state index < -0.39 is 17.8 Å². The maximum absolute atomic E-state index is 13.0. The molecule has 174 valence electrons. The maximum atomic E-state index is 13.0. The summed E-state index contributed by atoms with van der Waals surface area (Å²) < 4.78 is 0. The van der Waals surface area contributed by atoms with Gasteiger partial charge in [0.2, 0.25) is 0 Å². The Kier molecular flexibility index (Phi) is 8.71. The number of hydrogen-bond donors (Lipinski definition) is 3. The van der Waals surface area contributed by atoms with Crippen molar-refractivity contribution in [2.24, 2.45) is 0 Å². The molecule has 3 aromatic carbocycles. The maximum Gasteiger partial charge on any atom is 0.324 e. The van der Waals surface area contributed by atoms with Crippen LogP contribution in [0.2, 0.25) is 0 Å². The van der Waals surface area contributed by atoms with Crippen LogP contribution >= 0.6 is 0 Å². The number of hydrogen-bond acceptors (Lipinski definition) is 4. The van der Waals surface area contributed by atoms with Gasteiger partial charge in [-0.1, -0.05) is 72.3 Å². The van der Waals surface area contributed by atoms with Crippen LogP contribution in [0.15, 0.2) is 84.9 Å². The molecule has 0 unspecified atom stereocenters. The molecule has 0 fully saturated rings. The van der Waals surface area contributed by atoms with Crippen LogP contribution < -0.4 is 10.8 Å². The first-order valence-electron chi connectivity index (χ1n) is 10.9. The van der Waals surface area contributed by atoms with E-state index in [0.717, 1.165) is 22.3 Å². The second-order valence-corrected chi connectivity index (χ2v) is 7.84. The van der Waals surface area contributed by atoms with Crippen molar-refractivity contribution in [1.82, 2.24) is 15.7 Å². The van der Waals surface area contributed by atoms with E-state index in [9.17, 15) is 14.4 Å². The first-order chi connectivity index (χ1) is 16.4. The number of imide groups is 1. The van der Waals surface area contributed by atoms with Gasteiger partial charge in [0.25, 0.3) is 11.8 Å². The summed E-state index contributed by atoms with van der Waals surface area (Å²) in [6.07, 6.45) is 3.42. The third-order valence-corrected chi connectivity index (χ3v) is 5.19. The van der Waals surface area contributed by atoms with Crippen LogP contribution in [-0.4, -0.2) is 34.5 Å². The van der Waals surface area contributed by atoms with Crippen molar-refractivity contribution in [2.75, 3.05) is 6.54 Å². The molecular weight excluding hydrogens is 430 g/mol. The molecule has 3 N–H and O–H groups in total. The SMILES string of the molecule is Cc1cccc(CCN(Cc2ccc(/C=C/C(=O)NO)cc2)C(=O)NC(=O)c2ccccc2)c1. The van der Waals surface area contributed by atoms with Crippen molar-refractivity contribution in [2.45, 2.75) is 19.9 Å². The summed E-state index contributed by atoms with van der Waals surface area (Å²) in [4.78, 5) is 38.3. The molecule has 0 saturated heterocycles. The van der Waals surface area contributed by atoms with E-state index in [1.165, 1.54) is 11.6 Å². The fourth-order valence-corrected chi connectivity index (χ4v) is 3.39. The minimum absolute atomic E-state index is 0.306. The number of amides is 4. The molecule has 0 radical (unpaired) electrons. The van der Waals surface area contributed by atoms with E-state index in [4.69, 9.17) is 5.21 Å².